The van der Waals surface area contributed by atoms with Crippen LogP contribution < -0.4 is 20.3 Å². The van der Waals surface area contributed by atoms with Gasteiger partial charge in [0, 0.05) is 43.0 Å². The van der Waals surface area contributed by atoms with Crippen molar-refractivity contribution in [2.75, 3.05) is 29.2 Å². The largest absolute Gasteiger partial charge is 0.497 e. The number of methoxy groups -OCH3 is 1. The Morgan fingerprint density at radius 3 is 2.48 bits per heavy atom. The predicted molar refractivity (Wildman–Crippen MR) is 103 cm³/mol. The second kappa shape index (κ2) is 7.90. The van der Waals surface area contributed by atoms with E-state index >= 15 is 0 Å². The van der Waals surface area contributed by atoms with Crippen LogP contribution in [0.1, 0.15) is 13.3 Å². The number of anilines is 3. The highest BCUT2D eigenvalue weighted by atomic mass is 16.5. The molecule has 0 spiro atoms. The molecule has 2 aromatic rings. The summed E-state index contributed by atoms with van der Waals surface area (Å²) in [5.74, 6) is -0.326. The van der Waals surface area contributed by atoms with Gasteiger partial charge < -0.3 is 20.3 Å². The summed E-state index contributed by atoms with van der Waals surface area (Å²) in [5, 5.41) is 5.53. The lowest BCUT2D eigenvalue weighted by molar-refractivity contribution is -0.122. The van der Waals surface area contributed by atoms with Gasteiger partial charge in [0.15, 0.2) is 0 Å². The monoisotopic (exact) mass is 367 g/mol. The summed E-state index contributed by atoms with van der Waals surface area (Å²) in [6.07, 6.45) is 0.139. The van der Waals surface area contributed by atoms with E-state index in [4.69, 9.17) is 4.74 Å². The van der Waals surface area contributed by atoms with Gasteiger partial charge in [0.25, 0.3) is 0 Å². The molecule has 0 aliphatic carbocycles. The van der Waals surface area contributed by atoms with Crippen LogP contribution in [0, 0.1) is 5.92 Å². The third-order valence-corrected chi connectivity index (χ3v) is 4.31. The summed E-state index contributed by atoms with van der Waals surface area (Å²) in [6.45, 7) is 1.71. The van der Waals surface area contributed by atoms with Crippen LogP contribution in [-0.4, -0.2) is 31.4 Å². The van der Waals surface area contributed by atoms with Crippen molar-refractivity contribution in [3.63, 3.8) is 0 Å². The highest BCUT2D eigenvalue weighted by Gasteiger charge is 2.35. The van der Waals surface area contributed by atoms with Crippen LogP contribution in [0.25, 0.3) is 0 Å². The highest BCUT2D eigenvalue weighted by Crippen LogP contribution is 2.28. The zero-order valence-corrected chi connectivity index (χ0v) is 15.2. The molecule has 1 saturated heterocycles. The Morgan fingerprint density at radius 2 is 1.78 bits per heavy atom. The highest BCUT2D eigenvalue weighted by molar-refractivity contribution is 6.04. The van der Waals surface area contributed by atoms with E-state index in [9.17, 15) is 14.4 Å². The van der Waals surface area contributed by atoms with Crippen molar-refractivity contribution in [3.8, 4) is 5.75 Å². The van der Waals surface area contributed by atoms with Crippen LogP contribution in [0.4, 0.5) is 17.1 Å². The summed E-state index contributed by atoms with van der Waals surface area (Å²) >= 11 is 0. The number of hydrogen-bond acceptors (Lipinski definition) is 4. The molecule has 1 atom stereocenters. The van der Waals surface area contributed by atoms with Crippen molar-refractivity contribution in [1.82, 2.24) is 0 Å². The van der Waals surface area contributed by atoms with Gasteiger partial charge in [0.1, 0.15) is 5.75 Å². The molecule has 3 rings (SSSR count). The number of ether oxygens (including phenoxy) is 1. The number of amides is 3. The maximum Gasteiger partial charge on any atom is 0.229 e. The first-order valence-electron chi connectivity index (χ1n) is 8.59. The normalized spacial score (nSPS) is 16.1. The van der Waals surface area contributed by atoms with Gasteiger partial charge in [-0.2, -0.15) is 0 Å². The molecule has 140 valence electrons. The topological polar surface area (TPSA) is 87.7 Å². The third kappa shape index (κ3) is 4.44. The number of benzene rings is 2. The first kappa shape index (κ1) is 18.4. The maximum atomic E-state index is 12.6. The predicted octanol–water partition coefficient (Wildman–Crippen LogP) is 2.65. The molecule has 1 fully saturated rings. The fourth-order valence-electron chi connectivity index (χ4n) is 3.03. The molecule has 3 amide bonds. The molecular weight excluding hydrogens is 346 g/mol. The van der Waals surface area contributed by atoms with E-state index in [0.717, 1.165) is 0 Å². The zero-order valence-electron chi connectivity index (χ0n) is 15.2. The Hall–Kier alpha value is -3.35. The van der Waals surface area contributed by atoms with Crippen molar-refractivity contribution >= 4 is 34.8 Å². The Kier molecular flexibility index (Phi) is 5.40. The third-order valence-electron chi connectivity index (χ3n) is 4.31. The molecule has 0 saturated carbocycles. The van der Waals surface area contributed by atoms with Gasteiger partial charge in [-0.25, -0.2) is 0 Å². The SMILES string of the molecule is COc1cccc(NC(=O)C2CC(=O)N(c3cccc(NC(C)=O)c3)C2)c1. The van der Waals surface area contributed by atoms with Crippen molar-refractivity contribution in [1.29, 1.82) is 0 Å². The van der Waals surface area contributed by atoms with Crippen LogP contribution >= 0.6 is 0 Å². The minimum absolute atomic E-state index is 0.124. The lowest BCUT2D eigenvalue weighted by atomic mass is 10.1. The summed E-state index contributed by atoms with van der Waals surface area (Å²) in [5.41, 5.74) is 1.89. The van der Waals surface area contributed by atoms with E-state index < -0.39 is 5.92 Å². The first-order valence-corrected chi connectivity index (χ1v) is 8.59. The van der Waals surface area contributed by atoms with Crippen molar-refractivity contribution in [3.05, 3.63) is 48.5 Å². The summed E-state index contributed by atoms with van der Waals surface area (Å²) in [6, 6.07) is 14.1. The van der Waals surface area contributed by atoms with Gasteiger partial charge in [0.2, 0.25) is 17.7 Å². The van der Waals surface area contributed by atoms with Crippen molar-refractivity contribution in [2.24, 2.45) is 5.92 Å². The molecule has 0 bridgehead atoms. The van der Waals surface area contributed by atoms with Gasteiger partial charge in [-0.15, -0.1) is 0 Å². The van der Waals surface area contributed by atoms with Crippen LogP contribution in [0.3, 0.4) is 0 Å². The number of nitrogens with one attached hydrogen (secondary N) is 2. The molecule has 7 heteroatoms. The second-order valence-corrected chi connectivity index (χ2v) is 6.36. The molecule has 2 aromatic carbocycles. The summed E-state index contributed by atoms with van der Waals surface area (Å²) < 4.78 is 5.15. The maximum absolute atomic E-state index is 12.6. The molecule has 7 nitrogen and oxygen atoms in total. The first-order chi connectivity index (χ1) is 13.0. The Balaban J connectivity index is 1.69. The van der Waals surface area contributed by atoms with Gasteiger partial charge >= 0.3 is 0 Å². The number of carbonyl (C=O) groups is 3. The smallest absolute Gasteiger partial charge is 0.229 e. The van der Waals surface area contributed by atoms with E-state index in [0.29, 0.717) is 22.8 Å². The number of carbonyl (C=O) groups excluding carboxylic acids is 3. The number of nitrogens with zero attached hydrogens (tertiary/aromatic N) is 1. The van der Waals surface area contributed by atoms with Crippen molar-refractivity contribution < 1.29 is 19.1 Å². The Bertz CT molecular complexity index is 881. The number of hydrogen-bond donors (Lipinski definition) is 2. The quantitative estimate of drug-likeness (QED) is 0.850. The molecule has 1 unspecified atom stereocenters. The fourth-order valence-corrected chi connectivity index (χ4v) is 3.03. The van der Waals surface area contributed by atoms with Crippen LogP contribution in [-0.2, 0) is 14.4 Å². The molecule has 27 heavy (non-hydrogen) atoms. The minimum atomic E-state index is -0.451. The summed E-state index contributed by atoms with van der Waals surface area (Å²) in [4.78, 5) is 37.8. The molecule has 0 radical (unpaired) electrons. The van der Waals surface area contributed by atoms with E-state index in [1.165, 1.54) is 6.92 Å². The Morgan fingerprint density at radius 1 is 1.07 bits per heavy atom. The second-order valence-electron chi connectivity index (χ2n) is 6.36. The van der Waals surface area contributed by atoms with Crippen molar-refractivity contribution in [2.45, 2.75) is 13.3 Å². The van der Waals surface area contributed by atoms with E-state index in [2.05, 4.69) is 10.6 Å². The average Bonchev–Trinajstić information content (AvgIpc) is 3.03. The zero-order chi connectivity index (χ0) is 19.4. The molecule has 2 N–H and O–H groups in total. The van der Waals surface area contributed by atoms with Gasteiger partial charge in [-0.05, 0) is 30.3 Å². The molecule has 0 aromatic heterocycles. The molecule has 1 aliphatic rings. The Labute approximate surface area is 157 Å². The molecular formula is C20H21N3O4. The molecule has 1 heterocycles. The minimum Gasteiger partial charge on any atom is -0.497 e. The lowest BCUT2D eigenvalue weighted by Gasteiger charge is -2.18. The lowest BCUT2D eigenvalue weighted by Crippen LogP contribution is -2.28. The number of rotatable bonds is 5. The molecule has 1 aliphatic heterocycles. The van der Waals surface area contributed by atoms with E-state index in [-0.39, 0.29) is 30.7 Å². The average molecular weight is 367 g/mol. The van der Waals surface area contributed by atoms with Gasteiger partial charge in [0.05, 0.1) is 13.0 Å². The van der Waals surface area contributed by atoms with Gasteiger partial charge in [-0.1, -0.05) is 12.1 Å². The fraction of sp³-hybridized carbons (Fsp3) is 0.250. The van der Waals surface area contributed by atoms with Crippen LogP contribution in [0.5, 0.6) is 5.75 Å². The van der Waals surface area contributed by atoms with Crippen LogP contribution in [0.2, 0.25) is 0 Å². The van der Waals surface area contributed by atoms with E-state index in [1.54, 1.807) is 60.5 Å². The van der Waals surface area contributed by atoms with Crippen LogP contribution in [0.15, 0.2) is 48.5 Å². The summed E-state index contributed by atoms with van der Waals surface area (Å²) in [7, 11) is 1.56. The standard InChI is InChI=1S/C20H21N3O4/c1-13(24)21-15-5-3-7-17(10-15)23-12-14(9-19(23)25)20(26)22-16-6-4-8-18(11-16)27-2/h3-8,10-11,14H,9,12H2,1-2H3,(H,21,24)(H,22,26). The van der Waals surface area contributed by atoms with E-state index in [1.807, 2.05) is 0 Å². The van der Waals surface area contributed by atoms with Gasteiger partial charge in [-0.3, -0.25) is 14.4 Å².